The molecule has 32 heavy (non-hydrogen) atoms. The molecule has 1 aromatic carbocycles. The molecule has 1 aliphatic heterocycles. The molecule has 6 nitrogen and oxygen atoms in total. The molecule has 174 valence electrons. The van der Waals surface area contributed by atoms with Crippen LogP contribution in [0.5, 0.6) is 0 Å². The van der Waals surface area contributed by atoms with E-state index in [4.69, 9.17) is 19.3 Å². The van der Waals surface area contributed by atoms with Gasteiger partial charge in [0.15, 0.2) is 0 Å². The number of carbonyl (C=O) groups is 1. The van der Waals surface area contributed by atoms with Gasteiger partial charge in [0.25, 0.3) is 0 Å². The van der Waals surface area contributed by atoms with Crippen LogP contribution in [0, 0.1) is 24.2 Å². The van der Waals surface area contributed by atoms with E-state index >= 15 is 0 Å². The number of hydrogen-bond acceptors (Lipinski definition) is 6. The number of carbonyl (C=O) groups excluding carboxylic acids is 1. The molecule has 1 saturated heterocycles. The molecule has 3 unspecified atom stereocenters. The smallest absolute Gasteiger partial charge is 0.456 e. The van der Waals surface area contributed by atoms with Crippen molar-refractivity contribution in [3.63, 3.8) is 0 Å². The second-order valence-corrected chi connectivity index (χ2v) is 11.5. The van der Waals surface area contributed by atoms with Crippen molar-refractivity contribution in [2.75, 3.05) is 0 Å². The second-order valence-electron chi connectivity index (χ2n) is 11.5. The number of esters is 1. The Morgan fingerprint density at radius 3 is 2.66 bits per heavy atom. The summed E-state index contributed by atoms with van der Waals surface area (Å²) in [5, 5.41) is 12.2. The monoisotopic (exact) mass is 441 g/mol. The van der Waals surface area contributed by atoms with Crippen LogP contribution in [0.3, 0.4) is 0 Å². The lowest BCUT2D eigenvalue weighted by Crippen LogP contribution is -2.65. The SMILES string of the molecule is Cc1c(CCB2OC3CC4CC(C4(C)C)[C@]3(C)O2)ccc(/C=N/O)c1C(=O)OC(C)(C)C. The number of aryl methyl sites for hydroxylation is 1. The van der Waals surface area contributed by atoms with Crippen LogP contribution in [0.15, 0.2) is 17.3 Å². The topological polar surface area (TPSA) is 77.4 Å². The Bertz CT molecular complexity index is 937. The summed E-state index contributed by atoms with van der Waals surface area (Å²) in [7, 11) is -0.233. The van der Waals surface area contributed by atoms with Crippen LogP contribution in [0.25, 0.3) is 0 Å². The highest BCUT2D eigenvalue weighted by Gasteiger charge is 2.67. The maximum atomic E-state index is 12.9. The maximum Gasteiger partial charge on any atom is 0.457 e. The lowest BCUT2D eigenvalue weighted by atomic mass is 9.43. The lowest BCUT2D eigenvalue weighted by Gasteiger charge is -2.64. The molecular weight excluding hydrogens is 405 g/mol. The van der Waals surface area contributed by atoms with Crippen molar-refractivity contribution < 1.29 is 24.0 Å². The zero-order valence-electron chi connectivity index (χ0n) is 20.4. The standard InChI is InChI=1S/C25H36BNO5/c1-15-16(8-9-17(14-27-29)21(15)22(28)30-23(2,3)4)10-11-26-31-20-13-18-12-19(24(18,5)6)25(20,7)32-26/h8-9,14,18-20,29H,10-13H2,1-7H3/b27-14+/t18?,19?,20?,25-/m0/s1. The molecule has 4 atom stereocenters. The molecular formula is C25H36BNO5. The molecule has 0 amide bonds. The highest BCUT2D eigenvalue weighted by Crippen LogP contribution is 2.65. The van der Waals surface area contributed by atoms with Gasteiger partial charge >= 0.3 is 13.1 Å². The summed E-state index contributed by atoms with van der Waals surface area (Å²) in [6, 6.07) is 3.78. The first-order chi connectivity index (χ1) is 14.9. The van der Waals surface area contributed by atoms with Crippen molar-refractivity contribution in [3.8, 4) is 0 Å². The minimum Gasteiger partial charge on any atom is -0.456 e. The third-order valence-corrected chi connectivity index (χ3v) is 8.06. The van der Waals surface area contributed by atoms with Crippen molar-refractivity contribution in [2.45, 2.75) is 91.4 Å². The summed E-state index contributed by atoms with van der Waals surface area (Å²) in [6.07, 6.45) is 5.22. The normalized spacial score (nSPS) is 30.8. The van der Waals surface area contributed by atoms with Crippen LogP contribution in [-0.2, 0) is 20.5 Å². The fourth-order valence-corrected chi connectivity index (χ4v) is 6.17. The van der Waals surface area contributed by atoms with Crippen LogP contribution in [0.4, 0.5) is 0 Å². The van der Waals surface area contributed by atoms with Crippen LogP contribution in [0.1, 0.15) is 81.4 Å². The summed E-state index contributed by atoms with van der Waals surface area (Å²) in [6.45, 7) is 14.4. The van der Waals surface area contributed by atoms with Gasteiger partial charge in [-0.2, -0.15) is 0 Å². The van der Waals surface area contributed by atoms with Gasteiger partial charge in [-0.05, 0) is 88.6 Å². The molecule has 1 N–H and O–H groups in total. The number of rotatable bonds is 5. The van der Waals surface area contributed by atoms with Gasteiger partial charge in [-0.1, -0.05) is 31.1 Å². The minimum atomic E-state index is -0.612. The quantitative estimate of drug-likeness (QED) is 0.228. The Labute approximate surface area is 191 Å². The first-order valence-corrected chi connectivity index (χ1v) is 11.7. The van der Waals surface area contributed by atoms with Crippen molar-refractivity contribution in [3.05, 3.63) is 34.4 Å². The molecule has 7 heteroatoms. The molecule has 5 rings (SSSR count). The number of nitrogens with zero attached hydrogens (tertiary/aromatic N) is 1. The Kier molecular flexibility index (Phi) is 5.74. The molecule has 0 spiro atoms. The third kappa shape index (κ3) is 3.88. The Morgan fingerprint density at radius 2 is 2.03 bits per heavy atom. The van der Waals surface area contributed by atoms with Gasteiger partial charge in [-0.15, -0.1) is 0 Å². The first-order valence-electron chi connectivity index (χ1n) is 11.7. The van der Waals surface area contributed by atoms with Gasteiger partial charge < -0.3 is 19.3 Å². The number of hydrogen-bond donors (Lipinski definition) is 1. The van der Waals surface area contributed by atoms with E-state index in [1.807, 2.05) is 33.8 Å². The largest absolute Gasteiger partial charge is 0.457 e. The number of oxime groups is 1. The Balaban J connectivity index is 1.50. The predicted molar refractivity (Wildman–Crippen MR) is 124 cm³/mol. The summed E-state index contributed by atoms with van der Waals surface area (Å²) < 4.78 is 18.5. The van der Waals surface area contributed by atoms with E-state index in [1.165, 1.54) is 12.6 Å². The predicted octanol–water partition coefficient (Wildman–Crippen LogP) is 5.03. The van der Waals surface area contributed by atoms with E-state index in [0.717, 1.165) is 36.2 Å². The highest BCUT2D eigenvalue weighted by molar-refractivity contribution is 6.45. The maximum absolute atomic E-state index is 12.9. The van der Waals surface area contributed by atoms with Gasteiger partial charge in [0.1, 0.15) is 5.60 Å². The van der Waals surface area contributed by atoms with Crippen molar-refractivity contribution >= 4 is 19.3 Å². The zero-order valence-corrected chi connectivity index (χ0v) is 20.4. The lowest BCUT2D eigenvalue weighted by molar-refractivity contribution is -0.199. The van der Waals surface area contributed by atoms with Gasteiger partial charge in [-0.3, -0.25) is 0 Å². The number of ether oxygens (including phenoxy) is 1. The van der Waals surface area contributed by atoms with Crippen LogP contribution in [0.2, 0.25) is 6.32 Å². The van der Waals surface area contributed by atoms with E-state index < -0.39 is 11.6 Å². The zero-order chi connectivity index (χ0) is 23.5. The average molecular weight is 441 g/mol. The summed E-state index contributed by atoms with van der Waals surface area (Å²) in [5.74, 6) is 0.856. The molecule has 4 aliphatic rings. The van der Waals surface area contributed by atoms with Crippen LogP contribution in [-0.4, -0.2) is 41.8 Å². The molecule has 4 fully saturated rings. The van der Waals surface area contributed by atoms with Crippen molar-refractivity contribution in [2.24, 2.45) is 22.4 Å². The molecule has 0 radical (unpaired) electrons. The molecule has 3 saturated carbocycles. The fourth-order valence-electron chi connectivity index (χ4n) is 6.17. The fraction of sp³-hybridized carbons (Fsp3) is 0.680. The molecule has 1 heterocycles. The summed E-state index contributed by atoms with van der Waals surface area (Å²) >= 11 is 0. The highest BCUT2D eigenvalue weighted by atomic mass is 16.7. The second kappa shape index (κ2) is 7.87. The summed E-state index contributed by atoms with van der Waals surface area (Å²) in [4.78, 5) is 12.9. The van der Waals surface area contributed by atoms with E-state index in [9.17, 15) is 4.79 Å². The van der Waals surface area contributed by atoms with Crippen molar-refractivity contribution in [1.29, 1.82) is 0 Å². The van der Waals surface area contributed by atoms with Crippen LogP contribution < -0.4 is 0 Å². The van der Waals surface area contributed by atoms with Gasteiger partial charge in [0.2, 0.25) is 0 Å². The number of benzene rings is 1. The summed E-state index contributed by atoms with van der Waals surface area (Å²) in [5.41, 5.74) is 2.36. The first kappa shape index (κ1) is 23.3. The average Bonchev–Trinajstić information content (AvgIpc) is 3.02. The molecule has 1 aromatic rings. The minimum absolute atomic E-state index is 0.172. The van der Waals surface area contributed by atoms with Crippen molar-refractivity contribution in [1.82, 2.24) is 0 Å². The van der Waals surface area contributed by atoms with E-state index in [0.29, 0.717) is 22.5 Å². The van der Waals surface area contributed by atoms with E-state index in [2.05, 4.69) is 25.9 Å². The van der Waals surface area contributed by atoms with Gasteiger partial charge in [-0.25, -0.2) is 4.79 Å². The molecule has 0 aromatic heterocycles. The third-order valence-electron chi connectivity index (χ3n) is 8.06. The van der Waals surface area contributed by atoms with Gasteiger partial charge in [0, 0.05) is 5.56 Å². The molecule has 3 aliphatic carbocycles. The molecule has 2 bridgehead atoms. The van der Waals surface area contributed by atoms with Crippen LogP contribution >= 0.6 is 0 Å². The van der Waals surface area contributed by atoms with Gasteiger partial charge in [0.05, 0.1) is 23.5 Å². The van der Waals surface area contributed by atoms with E-state index in [1.54, 1.807) is 6.07 Å². The Hall–Kier alpha value is -1.86. The van der Waals surface area contributed by atoms with E-state index in [-0.39, 0.29) is 18.8 Å². The Morgan fingerprint density at radius 1 is 1.31 bits per heavy atom.